The van der Waals surface area contributed by atoms with Crippen molar-refractivity contribution in [2.45, 2.75) is 19.0 Å². The molecule has 1 fully saturated rings. The Kier molecular flexibility index (Phi) is 4.76. The van der Waals surface area contributed by atoms with Gasteiger partial charge in [0.25, 0.3) is 0 Å². The first-order valence-electron chi connectivity index (χ1n) is 6.03. The minimum absolute atomic E-state index is 0.0603. The summed E-state index contributed by atoms with van der Waals surface area (Å²) in [6, 6.07) is 3.35. The monoisotopic (exact) mass is 287 g/mol. The second-order valence-corrected chi connectivity index (χ2v) is 5.72. The van der Waals surface area contributed by atoms with Gasteiger partial charge in [-0.3, -0.25) is 9.69 Å². The number of hydrogen-bond donors (Lipinski definition) is 1. The fourth-order valence-electron chi connectivity index (χ4n) is 2.22. The molecule has 1 N–H and O–H groups in total. The van der Waals surface area contributed by atoms with Crippen LogP contribution in [0.25, 0.3) is 0 Å². The molecule has 1 unspecified atom stereocenters. The maximum absolute atomic E-state index is 13.1. The Labute approximate surface area is 114 Å². The molecule has 1 aliphatic rings. The van der Waals surface area contributed by atoms with Crippen molar-refractivity contribution < 1.29 is 18.7 Å². The number of carboxylic acid groups (broad SMARTS) is 1. The number of nitrogens with zero attached hydrogens (tertiary/aromatic N) is 1. The lowest BCUT2D eigenvalue weighted by molar-refractivity contribution is -0.138. The van der Waals surface area contributed by atoms with Gasteiger partial charge >= 0.3 is 5.97 Å². The molecule has 0 spiro atoms. The summed E-state index contributed by atoms with van der Waals surface area (Å²) in [5, 5.41) is 8.88. The van der Waals surface area contributed by atoms with E-state index in [4.69, 9.17) is 5.11 Å². The van der Waals surface area contributed by atoms with Crippen molar-refractivity contribution in [3.63, 3.8) is 0 Å². The first kappa shape index (κ1) is 14.3. The maximum Gasteiger partial charge on any atom is 0.304 e. The van der Waals surface area contributed by atoms with Gasteiger partial charge in [-0.25, -0.2) is 8.78 Å². The van der Waals surface area contributed by atoms with Crippen LogP contribution in [0.3, 0.4) is 0 Å². The Balaban J connectivity index is 2.08. The number of rotatable bonds is 4. The highest BCUT2D eigenvalue weighted by Crippen LogP contribution is 2.22. The molecule has 0 radical (unpaired) electrons. The molecular formula is C13H15F2NO2S. The topological polar surface area (TPSA) is 40.5 Å². The third-order valence-corrected chi connectivity index (χ3v) is 4.16. The van der Waals surface area contributed by atoms with Crippen molar-refractivity contribution in [3.8, 4) is 0 Å². The van der Waals surface area contributed by atoms with E-state index in [2.05, 4.69) is 0 Å². The Morgan fingerprint density at radius 3 is 2.68 bits per heavy atom. The highest BCUT2D eigenvalue weighted by atomic mass is 32.2. The average molecular weight is 287 g/mol. The maximum atomic E-state index is 13.1. The Morgan fingerprint density at radius 2 is 2.05 bits per heavy atom. The molecule has 1 aromatic carbocycles. The lowest BCUT2D eigenvalue weighted by Crippen LogP contribution is -2.43. The van der Waals surface area contributed by atoms with E-state index in [1.54, 1.807) is 11.8 Å². The summed E-state index contributed by atoms with van der Waals surface area (Å²) in [5.41, 5.74) is 0.541. The summed E-state index contributed by atoms with van der Waals surface area (Å²) in [4.78, 5) is 12.8. The zero-order chi connectivity index (χ0) is 13.8. The fraction of sp³-hybridized carbons (Fsp3) is 0.462. The summed E-state index contributed by atoms with van der Waals surface area (Å²) in [7, 11) is 0. The second kappa shape index (κ2) is 6.34. The van der Waals surface area contributed by atoms with E-state index in [0.29, 0.717) is 12.1 Å². The van der Waals surface area contributed by atoms with Crippen molar-refractivity contribution in [2.24, 2.45) is 0 Å². The molecule has 1 aromatic rings. The molecule has 0 aromatic heterocycles. The summed E-state index contributed by atoms with van der Waals surface area (Å²) >= 11 is 1.71. The predicted octanol–water partition coefficient (Wildman–Crippen LogP) is 2.36. The second-order valence-electron chi connectivity index (χ2n) is 4.57. The number of hydrogen-bond acceptors (Lipinski definition) is 3. The summed E-state index contributed by atoms with van der Waals surface area (Å²) < 4.78 is 26.3. The third kappa shape index (κ3) is 4.18. The van der Waals surface area contributed by atoms with Crippen LogP contribution in [0.4, 0.5) is 8.78 Å². The molecule has 1 aliphatic heterocycles. The van der Waals surface area contributed by atoms with Crippen LogP contribution in [0, 0.1) is 11.6 Å². The first-order valence-corrected chi connectivity index (χ1v) is 7.18. The van der Waals surface area contributed by atoms with Crippen LogP contribution in [-0.2, 0) is 11.3 Å². The molecule has 0 saturated carbocycles. The van der Waals surface area contributed by atoms with Gasteiger partial charge in [0.2, 0.25) is 0 Å². The van der Waals surface area contributed by atoms with Crippen LogP contribution in [0.15, 0.2) is 18.2 Å². The number of aliphatic carboxylic acids is 1. The van der Waals surface area contributed by atoms with E-state index in [1.165, 1.54) is 12.1 Å². The van der Waals surface area contributed by atoms with Gasteiger partial charge in [0, 0.05) is 36.7 Å². The largest absolute Gasteiger partial charge is 0.481 e. The molecule has 1 heterocycles. The number of carboxylic acids is 1. The first-order chi connectivity index (χ1) is 9.04. The Bertz CT molecular complexity index is 450. The number of carbonyl (C=O) groups is 1. The molecule has 104 valence electrons. The summed E-state index contributed by atoms with van der Waals surface area (Å²) in [5.74, 6) is -0.395. The van der Waals surface area contributed by atoms with Crippen molar-refractivity contribution in [1.29, 1.82) is 0 Å². The molecular weight excluding hydrogens is 272 g/mol. The quantitative estimate of drug-likeness (QED) is 0.923. The van der Waals surface area contributed by atoms with Gasteiger partial charge in [-0.1, -0.05) is 0 Å². The summed E-state index contributed by atoms with van der Waals surface area (Å²) in [6.07, 6.45) is 0.0603. The Morgan fingerprint density at radius 1 is 1.37 bits per heavy atom. The lowest BCUT2D eigenvalue weighted by atomic mass is 10.1. The minimum Gasteiger partial charge on any atom is -0.481 e. The van der Waals surface area contributed by atoms with Crippen molar-refractivity contribution in [2.75, 3.05) is 18.1 Å². The van der Waals surface area contributed by atoms with Crippen LogP contribution in [0.5, 0.6) is 0 Å². The zero-order valence-electron chi connectivity index (χ0n) is 10.3. The van der Waals surface area contributed by atoms with Crippen LogP contribution >= 0.6 is 11.8 Å². The van der Waals surface area contributed by atoms with Gasteiger partial charge in [0.1, 0.15) is 11.6 Å². The average Bonchev–Trinajstić information content (AvgIpc) is 2.29. The highest BCUT2D eigenvalue weighted by Gasteiger charge is 2.25. The Hall–Kier alpha value is -1.14. The molecule has 0 amide bonds. The normalized spacial score (nSPS) is 20.4. The molecule has 1 atom stereocenters. The van der Waals surface area contributed by atoms with E-state index in [0.717, 1.165) is 24.1 Å². The van der Waals surface area contributed by atoms with Gasteiger partial charge in [0.05, 0.1) is 6.42 Å². The van der Waals surface area contributed by atoms with Crippen molar-refractivity contribution >= 4 is 17.7 Å². The van der Waals surface area contributed by atoms with E-state index < -0.39 is 17.6 Å². The van der Waals surface area contributed by atoms with Gasteiger partial charge in [-0.05, 0) is 17.7 Å². The van der Waals surface area contributed by atoms with Gasteiger partial charge in [-0.2, -0.15) is 11.8 Å². The molecule has 3 nitrogen and oxygen atoms in total. The molecule has 0 bridgehead atoms. The van der Waals surface area contributed by atoms with E-state index in [-0.39, 0.29) is 12.5 Å². The van der Waals surface area contributed by atoms with E-state index in [1.807, 2.05) is 4.90 Å². The molecule has 19 heavy (non-hydrogen) atoms. The van der Waals surface area contributed by atoms with E-state index >= 15 is 0 Å². The highest BCUT2D eigenvalue weighted by molar-refractivity contribution is 7.99. The number of benzene rings is 1. The van der Waals surface area contributed by atoms with Crippen molar-refractivity contribution in [3.05, 3.63) is 35.4 Å². The van der Waals surface area contributed by atoms with Crippen LogP contribution in [-0.4, -0.2) is 40.1 Å². The lowest BCUT2D eigenvalue weighted by Gasteiger charge is -2.34. The van der Waals surface area contributed by atoms with Crippen LogP contribution in [0.2, 0.25) is 0 Å². The zero-order valence-corrected chi connectivity index (χ0v) is 11.1. The van der Waals surface area contributed by atoms with Gasteiger partial charge in [-0.15, -0.1) is 0 Å². The van der Waals surface area contributed by atoms with Crippen molar-refractivity contribution in [1.82, 2.24) is 4.90 Å². The molecule has 6 heteroatoms. The molecule has 0 aliphatic carbocycles. The SMILES string of the molecule is O=C(O)CC1CSCCN1Cc1cc(F)cc(F)c1. The predicted molar refractivity (Wildman–Crippen MR) is 70.1 cm³/mol. The number of halogens is 2. The molecule has 1 saturated heterocycles. The smallest absolute Gasteiger partial charge is 0.304 e. The van der Waals surface area contributed by atoms with Gasteiger partial charge < -0.3 is 5.11 Å². The third-order valence-electron chi connectivity index (χ3n) is 3.07. The van der Waals surface area contributed by atoms with Crippen LogP contribution in [0.1, 0.15) is 12.0 Å². The molecule has 2 rings (SSSR count). The van der Waals surface area contributed by atoms with Crippen LogP contribution < -0.4 is 0 Å². The minimum atomic E-state index is -0.845. The van der Waals surface area contributed by atoms with E-state index in [9.17, 15) is 13.6 Å². The fourth-order valence-corrected chi connectivity index (χ4v) is 3.35. The van der Waals surface area contributed by atoms with Gasteiger partial charge in [0.15, 0.2) is 0 Å². The number of thioether (sulfide) groups is 1. The summed E-state index contributed by atoms with van der Waals surface area (Å²) in [6.45, 7) is 1.12. The standard InChI is InChI=1S/C13H15F2NO2S/c14-10-3-9(4-11(15)5-10)7-16-1-2-19-8-12(16)6-13(17)18/h3-5,12H,1-2,6-8H2,(H,17,18).